The second kappa shape index (κ2) is 19.2. The molecule has 330 valence electrons. The van der Waals surface area contributed by atoms with Crippen LogP contribution >= 0.6 is 11.6 Å². The highest BCUT2D eigenvalue weighted by molar-refractivity contribution is 6.31. The highest BCUT2D eigenvalue weighted by atomic mass is 35.5. The van der Waals surface area contributed by atoms with Crippen LogP contribution in [0.3, 0.4) is 0 Å². The quantitative estimate of drug-likeness (QED) is 0.0577. The van der Waals surface area contributed by atoms with E-state index < -0.39 is 58.4 Å². The number of fused-ring (bicyclic) bond motifs is 1. The number of carbonyl (C=O) groups excluding carboxylic acids is 7. The predicted molar refractivity (Wildman–Crippen MR) is 221 cm³/mol. The number of nitrogens with zero attached hydrogens (tertiary/aromatic N) is 5. The molecule has 0 bridgehead atoms. The molecule has 2 aromatic heterocycles. The fourth-order valence-electron chi connectivity index (χ4n) is 6.81. The van der Waals surface area contributed by atoms with E-state index in [9.17, 15) is 46.7 Å². The minimum Gasteiger partial charge on any atom is -0.457 e. The summed E-state index contributed by atoms with van der Waals surface area (Å²) in [5, 5.41) is 20.1. The van der Waals surface area contributed by atoms with Gasteiger partial charge in [0.15, 0.2) is 0 Å². The molecule has 1 atom stereocenters. The van der Waals surface area contributed by atoms with Gasteiger partial charge < -0.3 is 26.0 Å². The molecule has 0 spiro atoms. The summed E-state index contributed by atoms with van der Waals surface area (Å²) < 4.78 is 46.9. The number of amides is 8. The molecule has 0 saturated carbocycles. The molecular formula is C42H36ClF3N10O8. The Labute approximate surface area is 365 Å². The van der Waals surface area contributed by atoms with Gasteiger partial charge in [-0.15, -0.1) is 5.10 Å². The van der Waals surface area contributed by atoms with E-state index in [-0.39, 0.29) is 59.9 Å². The highest BCUT2D eigenvalue weighted by Crippen LogP contribution is 2.36. The number of ether oxygens (including phenoxy) is 1. The Morgan fingerprint density at radius 3 is 2.41 bits per heavy atom. The lowest BCUT2D eigenvalue weighted by Crippen LogP contribution is -2.54. The second-order valence-corrected chi connectivity index (χ2v) is 14.9. The van der Waals surface area contributed by atoms with Crippen molar-refractivity contribution in [1.29, 1.82) is 0 Å². The third-order valence-electron chi connectivity index (χ3n) is 9.89. The number of imide groups is 2. The van der Waals surface area contributed by atoms with Crippen molar-refractivity contribution in [2.45, 2.75) is 63.8 Å². The van der Waals surface area contributed by atoms with Crippen LogP contribution in [0.1, 0.15) is 81.0 Å². The number of anilines is 3. The second-order valence-electron chi connectivity index (χ2n) is 14.5. The largest absolute Gasteiger partial charge is 0.457 e. The Hall–Kier alpha value is -7.68. The van der Waals surface area contributed by atoms with Crippen molar-refractivity contribution in [3.05, 3.63) is 118 Å². The van der Waals surface area contributed by atoms with Gasteiger partial charge in [-0.25, -0.2) is 4.79 Å². The fraction of sp³-hybridized carbons (Fsp3) is 0.238. The monoisotopic (exact) mass is 900 g/mol. The molecule has 2 aliphatic heterocycles. The maximum Gasteiger partial charge on any atom is 0.417 e. The van der Waals surface area contributed by atoms with E-state index in [0.717, 1.165) is 17.0 Å². The number of rotatable bonds is 15. The van der Waals surface area contributed by atoms with Crippen molar-refractivity contribution >= 4 is 70.1 Å². The Balaban J connectivity index is 0.813. The van der Waals surface area contributed by atoms with Crippen LogP contribution in [-0.4, -0.2) is 72.4 Å². The zero-order valence-electron chi connectivity index (χ0n) is 33.3. The number of nitrogens with one attached hydrogen (secondary N) is 5. The maximum atomic E-state index is 13.3. The Morgan fingerprint density at radius 2 is 1.64 bits per heavy atom. The summed E-state index contributed by atoms with van der Waals surface area (Å²) in [5.74, 6) is -2.81. The number of benzene rings is 3. The van der Waals surface area contributed by atoms with E-state index in [1.807, 2.05) is 0 Å². The molecule has 5 N–H and O–H groups in total. The Kier molecular flexibility index (Phi) is 13.3. The summed E-state index contributed by atoms with van der Waals surface area (Å²) in [6, 6.07) is 14.6. The normalized spacial score (nSPS) is 14.8. The van der Waals surface area contributed by atoms with Crippen molar-refractivity contribution in [1.82, 2.24) is 35.5 Å². The van der Waals surface area contributed by atoms with Crippen molar-refractivity contribution in [3.63, 3.8) is 0 Å². The van der Waals surface area contributed by atoms with Gasteiger partial charge in [0.2, 0.25) is 17.7 Å². The summed E-state index contributed by atoms with van der Waals surface area (Å²) in [7, 11) is 0. The first-order valence-corrected chi connectivity index (χ1v) is 20.0. The molecule has 22 heteroatoms. The fourth-order valence-corrected chi connectivity index (χ4v) is 7.04. The standard InChI is InChI=1S/C42H36ClF3N10O8/c43-30-13-10-24(19-29(30)42(44,45)46)50-41(63)49-23-8-11-26(12-9-23)64-27-16-17-47-32(20-27)37(59)48-21-25-22-55(54-53-25)18-3-1-2-7-34(57)51-31-6-4-5-28-36(31)40(62)56(39(28)61)33-14-15-35(58)52-38(33)60/h4-6,8-13,16-17,19-20,22,33H,1-3,7,14-15,18,21H2,(H,48,59)(H,51,57)(H2,49,50,63)(H,52,58,60). The van der Waals surface area contributed by atoms with Crippen molar-refractivity contribution in [3.8, 4) is 11.5 Å². The van der Waals surface area contributed by atoms with Gasteiger partial charge in [-0.05, 0) is 79.9 Å². The van der Waals surface area contributed by atoms with Crippen LogP contribution in [0.25, 0.3) is 0 Å². The number of carbonyl (C=O) groups is 7. The molecule has 3 aromatic carbocycles. The molecule has 1 saturated heterocycles. The van der Waals surface area contributed by atoms with Gasteiger partial charge in [-0.3, -0.25) is 48.6 Å². The predicted octanol–water partition coefficient (Wildman–Crippen LogP) is 6.31. The lowest BCUT2D eigenvalue weighted by Gasteiger charge is -2.27. The topological polar surface area (TPSA) is 236 Å². The molecule has 1 unspecified atom stereocenters. The molecule has 0 radical (unpaired) electrons. The molecule has 18 nitrogen and oxygen atoms in total. The summed E-state index contributed by atoms with van der Waals surface area (Å²) >= 11 is 5.63. The summed E-state index contributed by atoms with van der Waals surface area (Å²) in [5.41, 5.74) is -0.0959. The molecule has 5 aromatic rings. The van der Waals surface area contributed by atoms with Crippen LogP contribution in [0, 0.1) is 0 Å². The summed E-state index contributed by atoms with van der Waals surface area (Å²) in [6.45, 7) is 0.542. The van der Waals surface area contributed by atoms with E-state index in [1.54, 1.807) is 10.9 Å². The lowest BCUT2D eigenvalue weighted by molar-refractivity contribution is -0.138. The van der Waals surface area contributed by atoms with Gasteiger partial charge in [-0.1, -0.05) is 29.3 Å². The number of alkyl halides is 3. The summed E-state index contributed by atoms with van der Waals surface area (Å²) in [6.07, 6.45) is 0.332. The third kappa shape index (κ3) is 10.7. The van der Waals surface area contributed by atoms with Gasteiger partial charge in [0, 0.05) is 43.0 Å². The van der Waals surface area contributed by atoms with E-state index in [2.05, 4.69) is 41.9 Å². The summed E-state index contributed by atoms with van der Waals surface area (Å²) in [4.78, 5) is 93.4. The number of urea groups is 1. The highest BCUT2D eigenvalue weighted by Gasteiger charge is 2.45. The van der Waals surface area contributed by atoms with E-state index >= 15 is 0 Å². The minimum absolute atomic E-state index is 0.0000900. The van der Waals surface area contributed by atoms with E-state index in [4.69, 9.17) is 16.3 Å². The number of unbranched alkanes of at least 4 members (excludes halogenated alkanes) is 2. The minimum atomic E-state index is -4.69. The van der Waals surface area contributed by atoms with E-state index in [1.165, 1.54) is 66.9 Å². The molecular weight excluding hydrogens is 865 g/mol. The molecule has 2 aliphatic rings. The van der Waals surface area contributed by atoms with E-state index in [0.29, 0.717) is 48.7 Å². The first-order valence-electron chi connectivity index (χ1n) is 19.6. The van der Waals surface area contributed by atoms with Crippen LogP contribution in [0.15, 0.2) is 85.2 Å². The van der Waals surface area contributed by atoms with Crippen molar-refractivity contribution in [2.24, 2.45) is 0 Å². The zero-order chi connectivity index (χ0) is 45.5. The first-order chi connectivity index (χ1) is 30.6. The van der Waals surface area contributed by atoms with Crippen LogP contribution in [0.4, 0.5) is 35.0 Å². The van der Waals surface area contributed by atoms with Crippen molar-refractivity contribution in [2.75, 3.05) is 16.0 Å². The number of aryl methyl sites for hydroxylation is 1. The number of aromatic nitrogens is 4. The van der Waals surface area contributed by atoms with Gasteiger partial charge >= 0.3 is 12.2 Å². The number of hydrogen-bond acceptors (Lipinski definition) is 11. The van der Waals surface area contributed by atoms with Crippen LogP contribution in [0.5, 0.6) is 11.5 Å². The average molecular weight is 901 g/mol. The van der Waals surface area contributed by atoms with Gasteiger partial charge in [0.1, 0.15) is 28.9 Å². The first kappa shape index (κ1) is 44.4. The molecule has 1 fully saturated rings. The molecule has 7 rings (SSSR count). The van der Waals surface area contributed by atoms with Crippen LogP contribution in [-0.2, 0) is 33.6 Å². The molecule has 64 heavy (non-hydrogen) atoms. The van der Waals surface area contributed by atoms with Gasteiger partial charge in [-0.2, -0.15) is 13.2 Å². The zero-order valence-corrected chi connectivity index (χ0v) is 34.1. The number of piperidine rings is 1. The smallest absolute Gasteiger partial charge is 0.417 e. The number of halogens is 4. The lowest BCUT2D eigenvalue weighted by atomic mass is 10.0. The van der Waals surface area contributed by atoms with Crippen LogP contribution in [0.2, 0.25) is 5.02 Å². The maximum absolute atomic E-state index is 13.3. The molecule has 4 heterocycles. The van der Waals surface area contributed by atoms with Crippen LogP contribution < -0.4 is 31.3 Å². The Bertz CT molecular complexity index is 2660. The van der Waals surface area contributed by atoms with Crippen molar-refractivity contribution < 1.29 is 51.5 Å². The molecule has 8 amide bonds. The molecule has 0 aliphatic carbocycles. The Morgan fingerprint density at radius 1 is 0.875 bits per heavy atom. The number of hydrogen-bond donors (Lipinski definition) is 5. The average Bonchev–Trinajstić information content (AvgIpc) is 3.82. The van der Waals surface area contributed by atoms with Gasteiger partial charge in [0.25, 0.3) is 17.7 Å². The third-order valence-corrected chi connectivity index (χ3v) is 10.2. The van der Waals surface area contributed by atoms with Gasteiger partial charge in [0.05, 0.1) is 40.1 Å². The SMILES string of the molecule is O=C1CCC(N2C(=O)c3cccc(NC(=O)CCCCCn4cc(CNC(=O)c5cc(Oc6ccc(NC(=O)Nc7ccc(Cl)c(C(F)(F)F)c7)cc6)ccn5)nn4)c3C2=O)C(=O)N1. The number of pyridine rings is 1.